The molecule has 0 spiro atoms. The molecule has 0 aliphatic carbocycles. The van der Waals surface area contributed by atoms with E-state index in [1.807, 2.05) is 25.6 Å². The van der Waals surface area contributed by atoms with Gasteiger partial charge in [-0.05, 0) is 31.6 Å². The van der Waals surface area contributed by atoms with Gasteiger partial charge in [-0.25, -0.2) is 0 Å². The van der Waals surface area contributed by atoms with Gasteiger partial charge >= 0.3 is 0 Å². The first kappa shape index (κ1) is 19.2. The second-order valence-corrected chi connectivity index (χ2v) is 6.00. The zero-order chi connectivity index (χ0) is 15.5. The van der Waals surface area contributed by atoms with E-state index < -0.39 is 0 Å². The van der Waals surface area contributed by atoms with E-state index in [1.165, 1.54) is 19.3 Å². The maximum absolute atomic E-state index is 4.43. The van der Waals surface area contributed by atoms with Crippen LogP contribution in [0.2, 0.25) is 0 Å². The normalized spacial score (nSPS) is 17.5. The van der Waals surface area contributed by atoms with Crippen molar-refractivity contribution in [1.29, 1.82) is 0 Å². The summed E-state index contributed by atoms with van der Waals surface area (Å²) in [4.78, 5) is 6.80. The summed E-state index contributed by atoms with van der Waals surface area (Å²) < 4.78 is 2.01. The van der Waals surface area contributed by atoms with Crippen molar-refractivity contribution in [3.8, 4) is 0 Å². The molecule has 1 aliphatic heterocycles. The van der Waals surface area contributed by atoms with E-state index >= 15 is 0 Å². The number of hydrogen-bond acceptors (Lipinski definition) is 3. The fourth-order valence-electron chi connectivity index (χ4n) is 3.04. The van der Waals surface area contributed by atoms with Gasteiger partial charge in [-0.3, -0.25) is 4.99 Å². The van der Waals surface area contributed by atoms with Gasteiger partial charge in [0.15, 0.2) is 11.8 Å². The van der Waals surface area contributed by atoms with Crippen LogP contribution in [-0.2, 0) is 13.6 Å². The molecule has 22 heavy (non-hydrogen) atoms. The highest BCUT2D eigenvalue weighted by atomic mass is 127. The van der Waals surface area contributed by atoms with Gasteiger partial charge in [0.05, 0.1) is 6.54 Å². The number of nitrogens with zero attached hydrogens (tertiary/aromatic N) is 5. The van der Waals surface area contributed by atoms with Gasteiger partial charge in [-0.2, -0.15) is 0 Å². The van der Waals surface area contributed by atoms with Crippen molar-refractivity contribution in [2.75, 3.05) is 20.1 Å². The Kier molecular flexibility index (Phi) is 7.08. The summed E-state index contributed by atoms with van der Waals surface area (Å²) >= 11 is 0. The van der Waals surface area contributed by atoms with Gasteiger partial charge in [0.25, 0.3) is 0 Å². The average Bonchev–Trinajstić information content (AvgIpc) is 3.07. The molecule has 1 fully saturated rings. The molecule has 1 aromatic heterocycles. The molecule has 0 bridgehead atoms. The molecule has 0 radical (unpaired) electrons. The van der Waals surface area contributed by atoms with Crippen molar-refractivity contribution >= 4 is 29.9 Å². The molecule has 0 unspecified atom stereocenters. The largest absolute Gasteiger partial charge is 0.349 e. The summed E-state index contributed by atoms with van der Waals surface area (Å²) in [5.74, 6) is 2.84. The van der Waals surface area contributed by atoms with Gasteiger partial charge in [0.1, 0.15) is 5.82 Å². The van der Waals surface area contributed by atoms with Gasteiger partial charge in [0.2, 0.25) is 0 Å². The van der Waals surface area contributed by atoms with Crippen molar-refractivity contribution in [1.82, 2.24) is 25.0 Å². The van der Waals surface area contributed by atoms with Crippen molar-refractivity contribution < 1.29 is 0 Å². The van der Waals surface area contributed by atoms with Gasteiger partial charge < -0.3 is 14.8 Å². The second kappa shape index (κ2) is 8.12. The lowest BCUT2D eigenvalue weighted by atomic mass is 9.82. The van der Waals surface area contributed by atoms with E-state index in [4.69, 9.17) is 0 Å². The Balaban J connectivity index is 0.00000242. The number of aliphatic imine (C=N–C) groups is 1. The van der Waals surface area contributed by atoms with Gasteiger partial charge in [0, 0.05) is 27.2 Å². The van der Waals surface area contributed by atoms with Crippen LogP contribution in [-0.4, -0.2) is 45.8 Å². The maximum atomic E-state index is 4.43. The van der Waals surface area contributed by atoms with Crippen molar-refractivity contribution in [3.05, 3.63) is 11.6 Å². The summed E-state index contributed by atoms with van der Waals surface area (Å²) in [6, 6.07) is 0. The Labute approximate surface area is 150 Å². The molecule has 1 saturated heterocycles. The first-order valence-electron chi connectivity index (χ1n) is 7.85. The summed E-state index contributed by atoms with van der Waals surface area (Å²) in [7, 11) is 3.84. The van der Waals surface area contributed by atoms with E-state index in [0.717, 1.165) is 30.7 Å². The summed E-state index contributed by atoms with van der Waals surface area (Å²) in [6.07, 6.45) is 3.72. The number of nitrogens with one attached hydrogen (secondary N) is 1. The quantitative estimate of drug-likeness (QED) is 0.462. The topological polar surface area (TPSA) is 58.3 Å². The standard InChI is InChI=1S/C15H28N6.HI/c1-6-15(7-2)8-9-21(11-15)14(16-4)17-10-13-19-18-12(3)20(13)5;/h6-11H2,1-5H3,(H,16,17);1H. The molecule has 0 saturated carbocycles. The number of guanidine groups is 1. The smallest absolute Gasteiger partial charge is 0.194 e. The van der Waals surface area contributed by atoms with Crippen LogP contribution in [0, 0.1) is 12.3 Å². The Bertz CT molecular complexity index is 506. The fraction of sp³-hybridized carbons (Fsp3) is 0.800. The highest BCUT2D eigenvalue weighted by molar-refractivity contribution is 14.0. The lowest BCUT2D eigenvalue weighted by Gasteiger charge is -2.27. The minimum atomic E-state index is 0. The molecule has 126 valence electrons. The number of hydrogen-bond donors (Lipinski definition) is 1. The van der Waals surface area contributed by atoms with Crippen molar-refractivity contribution in [2.45, 2.75) is 46.6 Å². The third-order valence-corrected chi connectivity index (χ3v) is 5.04. The SMILES string of the molecule is CCC1(CC)CCN(C(=NC)NCc2nnc(C)n2C)C1.I. The maximum Gasteiger partial charge on any atom is 0.194 e. The average molecular weight is 420 g/mol. The van der Waals surface area contributed by atoms with Crippen LogP contribution in [0.4, 0.5) is 0 Å². The van der Waals surface area contributed by atoms with E-state index in [-0.39, 0.29) is 24.0 Å². The first-order chi connectivity index (χ1) is 10.0. The van der Waals surface area contributed by atoms with E-state index in [9.17, 15) is 0 Å². The van der Waals surface area contributed by atoms with E-state index in [2.05, 4.69) is 39.3 Å². The third kappa shape index (κ3) is 3.91. The zero-order valence-electron chi connectivity index (χ0n) is 14.4. The zero-order valence-corrected chi connectivity index (χ0v) is 16.7. The van der Waals surface area contributed by atoms with Crippen LogP contribution in [0.15, 0.2) is 4.99 Å². The Morgan fingerprint density at radius 1 is 1.32 bits per heavy atom. The fourth-order valence-corrected chi connectivity index (χ4v) is 3.04. The predicted molar refractivity (Wildman–Crippen MR) is 101 cm³/mol. The molecule has 1 aliphatic rings. The monoisotopic (exact) mass is 420 g/mol. The highest BCUT2D eigenvalue weighted by Crippen LogP contribution is 2.36. The minimum Gasteiger partial charge on any atom is -0.349 e. The summed E-state index contributed by atoms with van der Waals surface area (Å²) in [5.41, 5.74) is 0.457. The highest BCUT2D eigenvalue weighted by Gasteiger charge is 2.36. The number of likely N-dealkylation sites (tertiary alicyclic amines) is 1. The van der Waals surface area contributed by atoms with Crippen LogP contribution in [0.25, 0.3) is 0 Å². The molecule has 6 nitrogen and oxygen atoms in total. The molecule has 0 aromatic carbocycles. The lowest BCUT2D eigenvalue weighted by molar-refractivity contribution is 0.276. The Morgan fingerprint density at radius 3 is 2.45 bits per heavy atom. The molecule has 0 amide bonds. The molecule has 2 rings (SSSR count). The molecular formula is C15H29IN6. The second-order valence-electron chi connectivity index (χ2n) is 6.00. The van der Waals surface area contributed by atoms with Crippen LogP contribution < -0.4 is 5.32 Å². The van der Waals surface area contributed by atoms with Gasteiger partial charge in [-0.15, -0.1) is 34.2 Å². The molecular weight excluding hydrogens is 391 g/mol. The summed E-state index contributed by atoms with van der Waals surface area (Å²) in [6.45, 7) is 9.39. The Morgan fingerprint density at radius 2 is 2.00 bits per heavy atom. The summed E-state index contributed by atoms with van der Waals surface area (Å²) in [5, 5.41) is 11.7. The van der Waals surface area contributed by atoms with Gasteiger partial charge in [-0.1, -0.05) is 13.8 Å². The molecule has 7 heteroatoms. The molecule has 1 N–H and O–H groups in total. The molecule has 1 aromatic rings. The lowest BCUT2D eigenvalue weighted by Crippen LogP contribution is -2.41. The third-order valence-electron chi connectivity index (χ3n) is 5.04. The number of aromatic nitrogens is 3. The van der Waals surface area contributed by atoms with E-state index in [1.54, 1.807) is 0 Å². The van der Waals surface area contributed by atoms with Crippen LogP contribution in [0.1, 0.15) is 44.8 Å². The number of rotatable bonds is 4. The van der Waals surface area contributed by atoms with Crippen molar-refractivity contribution in [3.63, 3.8) is 0 Å². The first-order valence-corrected chi connectivity index (χ1v) is 7.85. The van der Waals surface area contributed by atoms with Crippen LogP contribution in [0.5, 0.6) is 0 Å². The van der Waals surface area contributed by atoms with Crippen LogP contribution >= 0.6 is 24.0 Å². The molecule has 2 heterocycles. The van der Waals surface area contributed by atoms with Crippen molar-refractivity contribution in [2.24, 2.45) is 17.5 Å². The number of aryl methyl sites for hydroxylation is 1. The van der Waals surface area contributed by atoms with Crippen LogP contribution in [0.3, 0.4) is 0 Å². The number of halogens is 1. The van der Waals surface area contributed by atoms with E-state index in [0.29, 0.717) is 12.0 Å². The minimum absolute atomic E-state index is 0. The molecule has 0 atom stereocenters. The Hall–Kier alpha value is -0.860. The predicted octanol–water partition coefficient (Wildman–Crippen LogP) is 2.33.